The standard InChI is InChI=1S/C21H13BrN2/c1-13-2-6-17-14(10-23)4-7-18(20(17)8-13)21-12-24-11-15-3-5-16(22)9-19(15)21/h2-9,11-12H,1H3. The molecule has 0 radical (unpaired) electrons. The Morgan fingerprint density at radius 3 is 2.58 bits per heavy atom. The maximum Gasteiger partial charge on any atom is 0.0998 e. The Balaban J connectivity index is 2.13. The summed E-state index contributed by atoms with van der Waals surface area (Å²) in [5, 5.41) is 13.7. The lowest BCUT2D eigenvalue weighted by Gasteiger charge is -2.12. The third-order valence-corrected chi connectivity index (χ3v) is 4.80. The molecular weight excluding hydrogens is 360 g/mol. The first-order chi connectivity index (χ1) is 11.7. The number of nitrogens with zero attached hydrogens (tertiary/aromatic N) is 2. The molecule has 0 bridgehead atoms. The highest BCUT2D eigenvalue weighted by Gasteiger charge is 2.11. The van der Waals surface area contributed by atoms with Crippen molar-refractivity contribution in [2.75, 3.05) is 0 Å². The Morgan fingerprint density at radius 1 is 0.875 bits per heavy atom. The minimum atomic E-state index is 0.697. The molecule has 0 atom stereocenters. The summed E-state index contributed by atoms with van der Waals surface area (Å²) >= 11 is 3.56. The average Bonchev–Trinajstić information content (AvgIpc) is 2.60. The van der Waals surface area contributed by atoms with Crippen LogP contribution in [-0.4, -0.2) is 4.98 Å². The molecule has 3 aromatic carbocycles. The second kappa shape index (κ2) is 5.74. The minimum Gasteiger partial charge on any atom is -0.263 e. The molecule has 0 aliphatic rings. The van der Waals surface area contributed by atoms with E-state index < -0.39 is 0 Å². The van der Waals surface area contributed by atoms with Gasteiger partial charge in [0.2, 0.25) is 0 Å². The zero-order valence-corrected chi connectivity index (χ0v) is 14.6. The fraction of sp³-hybridized carbons (Fsp3) is 0.0476. The van der Waals surface area contributed by atoms with Crippen molar-refractivity contribution in [3.63, 3.8) is 0 Å². The van der Waals surface area contributed by atoms with Crippen LogP contribution >= 0.6 is 15.9 Å². The molecule has 0 spiro atoms. The van der Waals surface area contributed by atoms with Crippen molar-refractivity contribution in [3.8, 4) is 17.2 Å². The van der Waals surface area contributed by atoms with Crippen LogP contribution in [0.25, 0.3) is 32.7 Å². The zero-order valence-electron chi connectivity index (χ0n) is 13.0. The molecule has 2 nitrogen and oxygen atoms in total. The van der Waals surface area contributed by atoms with Gasteiger partial charge in [0.25, 0.3) is 0 Å². The van der Waals surface area contributed by atoms with Gasteiger partial charge in [0.15, 0.2) is 0 Å². The molecule has 4 rings (SSSR count). The molecular formula is C21H13BrN2. The van der Waals surface area contributed by atoms with Crippen LogP contribution in [0.15, 0.2) is 65.4 Å². The smallest absolute Gasteiger partial charge is 0.0998 e. The average molecular weight is 373 g/mol. The number of pyridine rings is 1. The first-order valence-electron chi connectivity index (χ1n) is 7.64. The number of hydrogen-bond donors (Lipinski definition) is 0. The third-order valence-electron chi connectivity index (χ3n) is 4.31. The van der Waals surface area contributed by atoms with E-state index in [2.05, 4.69) is 52.1 Å². The monoisotopic (exact) mass is 372 g/mol. The molecule has 0 aliphatic carbocycles. The van der Waals surface area contributed by atoms with Crippen molar-refractivity contribution in [2.24, 2.45) is 0 Å². The van der Waals surface area contributed by atoms with Gasteiger partial charge in [-0.2, -0.15) is 5.26 Å². The van der Waals surface area contributed by atoms with E-state index in [1.54, 1.807) is 0 Å². The molecule has 0 saturated carbocycles. The number of hydrogen-bond acceptors (Lipinski definition) is 2. The Hall–Kier alpha value is -2.70. The SMILES string of the molecule is Cc1ccc2c(C#N)ccc(-c3cncc4ccc(Br)cc34)c2c1. The van der Waals surface area contributed by atoms with E-state index in [-0.39, 0.29) is 0 Å². The Bertz CT molecular complexity index is 1140. The van der Waals surface area contributed by atoms with Crippen LogP contribution in [0.5, 0.6) is 0 Å². The fourth-order valence-electron chi connectivity index (χ4n) is 3.14. The summed E-state index contributed by atoms with van der Waals surface area (Å²) in [6.07, 6.45) is 3.78. The van der Waals surface area contributed by atoms with Crippen LogP contribution in [0.1, 0.15) is 11.1 Å². The summed E-state index contributed by atoms with van der Waals surface area (Å²) in [4.78, 5) is 4.41. The molecule has 0 amide bonds. The van der Waals surface area contributed by atoms with Gasteiger partial charge in [-0.15, -0.1) is 0 Å². The summed E-state index contributed by atoms with van der Waals surface area (Å²) in [7, 11) is 0. The lowest BCUT2D eigenvalue weighted by molar-refractivity contribution is 1.36. The van der Waals surface area contributed by atoms with E-state index in [0.717, 1.165) is 37.1 Å². The third kappa shape index (κ3) is 2.36. The van der Waals surface area contributed by atoms with Crippen molar-refractivity contribution in [1.29, 1.82) is 5.26 Å². The molecule has 1 aromatic heterocycles. The van der Waals surface area contributed by atoms with E-state index in [1.807, 2.05) is 42.7 Å². The summed E-state index contributed by atoms with van der Waals surface area (Å²) in [6.45, 7) is 2.07. The first-order valence-corrected chi connectivity index (χ1v) is 8.44. The summed E-state index contributed by atoms with van der Waals surface area (Å²) in [5.74, 6) is 0. The van der Waals surface area contributed by atoms with Gasteiger partial charge in [-0.1, -0.05) is 51.8 Å². The highest BCUT2D eigenvalue weighted by Crippen LogP contribution is 2.35. The van der Waals surface area contributed by atoms with Crippen LogP contribution in [0.2, 0.25) is 0 Å². The molecule has 3 heteroatoms. The van der Waals surface area contributed by atoms with Crippen LogP contribution in [-0.2, 0) is 0 Å². The van der Waals surface area contributed by atoms with E-state index >= 15 is 0 Å². The number of halogens is 1. The van der Waals surface area contributed by atoms with Gasteiger partial charge < -0.3 is 0 Å². The quantitative estimate of drug-likeness (QED) is 0.410. The normalized spacial score (nSPS) is 10.9. The molecule has 24 heavy (non-hydrogen) atoms. The number of nitriles is 1. The van der Waals surface area contributed by atoms with Crippen molar-refractivity contribution in [3.05, 3.63) is 76.5 Å². The van der Waals surface area contributed by atoms with Gasteiger partial charge in [-0.3, -0.25) is 4.98 Å². The molecule has 0 unspecified atom stereocenters. The number of fused-ring (bicyclic) bond motifs is 2. The van der Waals surface area contributed by atoms with E-state index in [0.29, 0.717) is 5.56 Å². The van der Waals surface area contributed by atoms with Crippen LogP contribution in [0, 0.1) is 18.3 Å². The van der Waals surface area contributed by atoms with Gasteiger partial charge in [0.05, 0.1) is 11.6 Å². The summed E-state index contributed by atoms with van der Waals surface area (Å²) in [6, 6.07) is 18.6. The second-order valence-corrected chi connectivity index (χ2v) is 6.79. The van der Waals surface area contributed by atoms with Crippen molar-refractivity contribution in [2.45, 2.75) is 6.92 Å². The number of aryl methyl sites for hydroxylation is 1. The molecule has 114 valence electrons. The van der Waals surface area contributed by atoms with Gasteiger partial charge in [0, 0.05) is 33.2 Å². The lowest BCUT2D eigenvalue weighted by atomic mass is 9.93. The van der Waals surface area contributed by atoms with Gasteiger partial charge in [-0.05, 0) is 41.5 Å². The predicted octanol–water partition coefficient (Wildman–Crippen LogP) is 6.00. The molecule has 1 heterocycles. The molecule has 0 saturated heterocycles. The largest absolute Gasteiger partial charge is 0.263 e. The second-order valence-electron chi connectivity index (χ2n) is 5.87. The first kappa shape index (κ1) is 14.9. The fourth-order valence-corrected chi connectivity index (χ4v) is 3.51. The van der Waals surface area contributed by atoms with Gasteiger partial charge >= 0.3 is 0 Å². The number of rotatable bonds is 1. The molecule has 0 fully saturated rings. The molecule has 0 aliphatic heterocycles. The Kier molecular flexibility index (Phi) is 3.55. The van der Waals surface area contributed by atoms with E-state index in [9.17, 15) is 5.26 Å². The predicted molar refractivity (Wildman–Crippen MR) is 102 cm³/mol. The molecule has 4 aromatic rings. The maximum atomic E-state index is 9.41. The van der Waals surface area contributed by atoms with Crippen molar-refractivity contribution in [1.82, 2.24) is 4.98 Å². The van der Waals surface area contributed by atoms with Crippen LogP contribution in [0.4, 0.5) is 0 Å². The summed E-state index contributed by atoms with van der Waals surface area (Å²) in [5.41, 5.74) is 4.05. The van der Waals surface area contributed by atoms with Crippen LogP contribution < -0.4 is 0 Å². The van der Waals surface area contributed by atoms with E-state index in [4.69, 9.17) is 0 Å². The zero-order chi connectivity index (χ0) is 16.7. The number of aromatic nitrogens is 1. The van der Waals surface area contributed by atoms with Gasteiger partial charge in [0.1, 0.15) is 0 Å². The van der Waals surface area contributed by atoms with E-state index in [1.165, 1.54) is 5.56 Å². The highest BCUT2D eigenvalue weighted by atomic mass is 79.9. The van der Waals surface area contributed by atoms with Crippen molar-refractivity contribution < 1.29 is 0 Å². The van der Waals surface area contributed by atoms with Crippen LogP contribution in [0.3, 0.4) is 0 Å². The molecule has 0 N–H and O–H groups in total. The van der Waals surface area contributed by atoms with Crippen molar-refractivity contribution >= 4 is 37.5 Å². The maximum absolute atomic E-state index is 9.41. The summed E-state index contributed by atoms with van der Waals surface area (Å²) < 4.78 is 1.04. The number of benzene rings is 3. The minimum absolute atomic E-state index is 0.697. The van der Waals surface area contributed by atoms with Gasteiger partial charge in [-0.25, -0.2) is 0 Å². The lowest BCUT2D eigenvalue weighted by Crippen LogP contribution is -1.89. The Morgan fingerprint density at radius 2 is 1.75 bits per heavy atom. The topological polar surface area (TPSA) is 36.7 Å². The Labute approximate surface area is 148 Å². The highest BCUT2D eigenvalue weighted by molar-refractivity contribution is 9.10.